The molecule has 0 radical (unpaired) electrons. The number of fused-ring (bicyclic) bond motifs is 7. The number of hydrogen-bond acceptors (Lipinski definition) is 4. The first-order valence-corrected chi connectivity index (χ1v) is 11.0. The predicted octanol–water partition coefficient (Wildman–Crippen LogP) is 3.58. The molecule has 9 atom stereocenters. The van der Waals surface area contributed by atoms with Crippen LogP contribution in [0.3, 0.4) is 0 Å². The van der Waals surface area contributed by atoms with Crippen LogP contribution in [0.2, 0.25) is 0 Å². The normalized spacial score (nSPS) is 62.0. The maximum atomic E-state index is 12.2. The fraction of sp³-hybridized carbons (Fsp3) is 0.826. The molecule has 5 aliphatic carbocycles. The van der Waals surface area contributed by atoms with Gasteiger partial charge in [0.25, 0.3) is 0 Å². The lowest BCUT2D eigenvalue weighted by atomic mass is 9.46. The Morgan fingerprint density at radius 3 is 2.74 bits per heavy atom. The molecule has 2 heterocycles. The highest BCUT2D eigenvalue weighted by Gasteiger charge is 2.85. The maximum absolute atomic E-state index is 12.2. The lowest BCUT2D eigenvalue weighted by molar-refractivity contribution is -0.164. The van der Waals surface area contributed by atoms with Crippen molar-refractivity contribution in [2.45, 2.75) is 82.5 Å². The van der Waals surface area contributed by atoms with E-state index in [4.69, 9.17) is 9.47 Å². The van der Waals surface area contributed by atoms with Gasteiger partial charge < -0.3 is 9.47 Å². The summed E-state index contributed by atoms with van der Waals surface area (Å²) in [7, 11) is 0. The third kappa shape index (κ3) is 1.47. The van der Waals surface area contributed by atoms with Crippen molar-refractivity contribution in [2.24, 2.45) is 34.5 Å². The van der Waals surface area contributed by atoms with Crippen molar-refractivity contribution < 1.29 is 19.1 Å². The van der Waals surface area contributed by atoms with Gasteiger partial charge in [0.2, 0.25) is 0 Å². The highest BCUT2D eigenvalue weighted by atomic mass is 16.6. The number of ketones is 1. The van der Waals surface area contributed by atoms with Crippen LogP contribution in [0.5, 0.6) is 0 Å². The largest absolute Gasteiger partial charge is 0.458 e. The first kappa shape index (κ1) is 15.7. The van der Waals surface area contributed by atoms with E-state index < -0.39 is 0 Å². The van der Waals surface area contributed by atoms with Gasteiger partial charge in [0, 0.05) is 23.7 Å². The third-order valence-electron chi connectivity index (χ3n) is 10.4. The Kier molecular flexibility index (Phi) is 2.46. The lowest BCUT2D eigenvalue weighted by Crippen LogP contribution is -2.60. The molecule has 6 fully saturated rings. The van der Waals surface area contributed by atoms with Gasteiger partial charge in [0.15, 0.2) is 5.78 Å². The van der Waals surface area contributed by atoms with Crippen LogP contribution in [0, 0.1) is 34.5 Å². The molecule has 2 saturated heterocycles. The molecule has 27 heavy (non-hydrogen) atoms. The monoisotopic (exact) mass is 368 g/mol. The summed E-state index contributed by atoms with van der Waals surface area (Å²) in [6.45, 7) is 4.81. The molecule has 2 aliphatic heterocycles. The van der Waals surface area contributed by atoms with Gasteiger partial charge in [0.05, 0.1) is 6.10 Å². The van der Waals surface area contributed by atoms with E-state index in [1.165, 1.54) is 18.4 Å². The molecule has 0 N–H and O–H groups in total. The van der Waals surface area contributed by atoms with E-state index in [-0.39, 0.29) is 34.1 Å². The van der Waals surface area contributed by atoms with Crippen molar-refractivity contribution in [3.63, 3.8) is 0 Å². The number of hydrogen-bond donors (Lipinski definition) is 0. The van der Waals surface area contributed by atoms with E-state index in [1.54, 1.807) is 0 Å². The molecular formula is C23H28O4. The molecule has 0 amide bonds. The van der Waals surface area contributed by atoms with Crippen LogP contribution in [0.25, 0.3) is 0 Å². The molecule has 0 aromatic carbocycles. The van der Waals surface area contributed by atoms with Crippen molar-refractivity contribution in [1.29, 1.82) is 0 Å². The minimum absolute atomic E-state index is 0.00124. The zero-order valence-corrected chi connectivity index (χ0v) is 16.3. The van der Waals surface area contributed by atoms with Gasteiger partial charge in [-0.15, -0.1) is 0 Å². The lowest BCUT2D eigenvalue weighted by Gasteiger charge is -2.56. The van der Waals surface area contributed by atoms with Gasteiger partial charge in [-0.1, -0.05) is 19.4 Å². The Bertz CT molecular complexity index is 845. The first-order valence-electron chi connectivity index (χ1n) is 11.0. The molecule has 0 aromatic heterocycles. The molecule has 0 aromatic rings. The van der Waals surface area contributed by atoms with Crippen LogP contribution in [-0.2, 0) is 19.1 Å². The summed E-state index contributed by atoms with van der Waals surface area (Å²) >= 11 is 0. The fourth-order valence-electron chi connectivity index (χ4n) is 9.12. The third-order valence-corrected chi connectivity index (χ3v) is 10.4. The van der Waals surface area contributed by atoms with Crippen molar-refractivity contribution in [2.75, 3.05) is 0 Å². The summed E-state index contributed by atoms with van der Waals surface area (Å²) in [6.07, 6.45) is 9.85. The van der Waals surface area contributed by atoms with Crippen molar-refractivity contribution in [3.05, 3.63) is 11.6 Å². The average molecular weight is 368 g/mol. The minimum Gasteiger partial charge on any atom is -0.458 e. The topological polar surface area (TPSA) is 55.9 Å². The van der Waals surface area contributed by atoms with Crippen LogP contribution in [0.1, 0.15) is 65.2 Å². The van der Waals surface area contributed by atoms with E-state index >= 15 is 0 Å². The van der Waals surface area contributed by atoms with Crippen LogP contribution in [0.4, 0.5) is 0 Å². The van der Waals surface area contributed by atoms with Crippen molar-refractivity contribution >= 4 is 11.8 Å². The first-order chi connectivity index (χ1) is 12.8. The van der Waals surface area contributed by atoms with Crippen LogP contribution < -0.4 is 0 Å². The second kappa shape index (κ2) is 4.22. The van der Waals surface area contributed by atoms with Gasteiger partial charge in [0.1, 0.15) is 11.2 Å². The molecule has 3 unspecified atom stereocenters. The van der Waals surface area contributed by atoms with Crippen LogP contribution in [-0.4, -0.2) is 29.1 Å². The molecule has 4 heteroatoms. The van der Waals surface area contributed by atoms with Crippen LogP contribution >= 0.6 is 0 Å². The number of rotatable bonds is 0. The average Bonchev–Trinajstić information content (AvgIpc) is 3.49. The molecule has 4 nitrogen and oxygen atoms in total. The smallest absolute Gasteiger partial charge is 0.306 e. The highest BCUT2D eigenvalue weighted by molar-refractivity contribution is 5.92. The minimum atomic E-state index is -0.239. The Morgan fingerprint density at radius 1 is 1.11 bits per heavy atom. The second-order valence-corrected chi connectivity index (χ2v) is 11.1. The maximum Gasteiger partial charge on any atom is 0.306 e. The number of ether oxygens (including phenoxy) is 2. The zero-order chi connectivity index (χ0) is 18.4. The number of carbonyl (C=O) groups excluding carboxylic acids is 2. The second-order valence-electron chi connectivity index (χ2n) is 11.1. The van der Waals surface area contributed by atoms with Crippen molar-refractivity contribution in [1.82, 2.24) is 0 Å². The van der Waals surface area contributed by atoms with Gasteiger partial charge in [-0.2, -0.15) is 0 Å². The predicted molar refractivity (Wildman–Crippen MR) is 96.6 cm³/mol. The summed E-state index contributed by atoms with van der Waals surface area (Å²) in [5.41, 5.74) is 1.24. The molecule has 4 saturated carbocycles. The zero-order valence-electron chi connectivity index (χ0n) is 16.3. The van der Waals surface area contributed by atoms with Crippen molar-refractivity contribution in [3.8, 4) is 0 Å². The fourth-order valence-corrected chi connectivity index (χ4v) is 9.12. The number of epoxide rings is 1. The summed E-state index contributed by atoms with van der Waals surface area (Å²) in [5, 5.41) is 0. The molecule has 7 aliphatic rings. The standard InChI is InChI=1S/C23H28O4/c1-20-6-3-12(24)9-16(20)13-10-14(13)19-15-4-7-22(8-5-18(25)27-22)21(15,2)11-17-23(19,20)26-17/h9,13-15,17,19H,3-8,10-11H2,1-2H3/t13-,14?,15?,17+,19+,20+,21?,22-,23-/m1/s1. The van der Waals surface area contributed by atoms with E-state index in [1.807, 2.05) is 6.08 Å². The molecule has 144 valence electrons. The Balaban J connectivity index is 1.36. The van der Waals surface area contributed by atoms with Crippen LogP contribution in [0.15, 0.2) is 11.6 Å². The van der Waals surface area contributed by atoms with E-state index in [0.29, 0.717) is 42.3 Å². The van der Waals surface area contributed by atoms with E-state index in [2.05, 4.69) is 13.8 Å². The Hall–Kier alpha value is -1.16. The van der Waals surface area contributed by atoms with E-state index in [0.717, 1.165) is 25.7 Å². The number of esters is 1. The SMILES string of the molecule is CC12C[C@@H]3O[C@@]34[C@@H](C3C[C@H]3C3=CC(=O)CC[C@@]34C)C1CC[C@@]21CCC(=O)O1. The summed E-state index contributed by atoms with van der Waals surface area (Å²) < 4.78 is 12.8. The molecule has 2 spiro atoms. The Labute approximate surface area is 160 Å². The summed E-state index contributed by atoms with van der Waals surface area (Å²) in [5.74, 6) is 2.77. The molecule has 0 bridgehead atoms. The van der Waals surface area contributed by atoms with Gasteiger partial charge in [-0.25, -0.2) is 0 Å². The quantitative estimate of drug-likeness (QED) is 0.484. The van der Waals surface area contributed by atoms with Gasteiger partial charge in [-0.3, -0.25) is 9.59 Å². The highest BCUT2D eigenvalue weighted by Crippen LogP contribution is 2.82. The summed E-state index contributed by atoms with van der Waals surface area (Å²) in [4.78, 5) is 24.2. The van der Waals surface area contributed by atoms with Gasteiger partial charge >= 0.3 is 5.97 Å². The van der Waals surface area contributed by atoms with E-state index in [9.17, 15) is 9.59 Å². The molecular weight excluding hydrogens is 340 g/mol. The Morgan fingerprint density at radius 2 is 1.96 bits per heavy atom. The summed E-state index contributed by atoms with van der Waals surface area (Å²) in [6, 6.07) is 0. The number of carbonyl (C=O) groups is 2. The van der Waals surface area contributed by atoms with Gasteiger partial charge in [-0.05, 0) is 68.3 Å². The molecule has 7 rings (SSSR count).